The van der Waals surface area contributed by atoms with Crippen LogP contribution in [0.3, 0.4) is 0 Å². The molecular weight excluding hydrogens is 354 g/mol. The second kappa shape index (κ2) is 8.64. The van der Waals surface area contributed by atoms with E-state index in [1.807, 2.05) is 19.1 Å². The van der Waals surface area contributed by atoms with Gasteiger partial charge in [-0.1, -0.05) is 17.7 Å². The van der Waals surface area contributed by atoms with E-state index >= 15 is 0 Å². The molecule has 0 aliphatic rings. The number of aryl methyl sites for hydroxylation is 1. The molecule has 0 aliphatic heterocycles. The molecule has 0 saturated carbocycles. The SMILES string of the molecule is Cc1ccc(C(=O)Nc2ccc(C(=O)N/N=C/c3ccc(O)cc3)cc2)cc1. The summed E-state index contributed by atoms with van der Waals surface area (Å²) in [6, 6.07) is 20.2. The molecule has 6 nitrogen and oxygen atoms in total. The zero-order chi connectivity index (χ0) is 19.9. The van der Waals surface area contributed by atoms with Crippen LogP contribution in [0.15, 0.2) is 77.9 Å². The van der Waals surface area contributed by atoms with Crippen molar-refractivity contribution in [1.82, 2.24) is 5.43 Å². The number of carbonyl (C=O) groups is 2. The molecular formula is C22H19N3O3. The predicted molar refractivity (Wildman–Crippen MR) is 109 cm³/mol. The monoisotopic (exact) mass is 373 g/mol. The number of hydrazone groups is 1. The van der Waals surface area contributed by atoms with Crippen LogP contribution in [0.4, 0.5) is 5.69 Å². The maximum absolute atomic E-state index is 12.2. The number of phenols is 1. The van der Waals surface area contributed by atoms with Crippen molar-refractivity contribution in [2.45, 2.75) is 6.92 Å². The van der Waals surface area contributed by atoms with Crippen LogP contribution >= 0.6 is 0 Å². The number of rotatable bonds is 5. The summed E-state index contributed by atoms with van der Waals surface area (Å²) in [7, 11) is 0. The maximum atomic E-state index is 12.2. The highest BCUT2D eigenvalue weighted by atomic mass is 16.3. The van der Waals surface area contributed by atoms with Crippen molar-refractivity contribution >= 4 is 23.7 Å². The lowest BCUT2D eigenvalue weighted by Crippen LogP contribution is -2.17. The Balaban J connectivity index is 1.57. The van der Waals surface area contributed by atoms with Crippen LogP contribution in [0, 0.1) is 6.92 Å². The Morgan fingerprint density at radius 3 is 2.04 bits per heavy atom. The molecule has 3 N–H and O–H groups in total. The first-order chi connectivity index (χ1) is 13.5. The molecule has 140 valence electrons. The van der Waals surface area contributed by atoms with Crippen LogP contribution < -0.4 is 10.7 Å². The lowest BCUT2D eigenvalue weighted by Gasteiger charge is -2.06. The number of carbonyl (C=O) groups excluding carboxylic acids is 2. The highest BCUT2D eigenvalue weighted by Crippen LogP contribution is 2.12. The van der Waals surface area contributed by atoms with Gasteiger partial charge in [0.15, 0.2) is 0 Å². The second-order valence-electron chi connectivity index (χ2n) is 6.19. The van der Waals surface area contributed by atoms with Crippen molar-refractivity contribution in [3.05, 3.63) is 95.1 Å². The fourth-order valence-electron chi connectivity index (χ4n) is 2.40. The quantitative estimate of drug-likeness (QED) is 0.470. The lowest BCUT2D eigenvalue weighted by atomic mass is 10.1. The molecule has 0 saturated heterocycles. The van der Waals surface area contributed by atoms with E-state index in [0.29, 0.717) is 16.8 Å². The Morgan fingerprint density at radius 2 is 1.39 bits per heavy atom. The van der Waals surface area contributed by atoms with Crippen LogP contribution in [0.5, 0.6) is 5.75 Å². The van der Waals surface area contributed by atoms with Gasteiger partial charge in [-0.3, -0.25) is 9.59 Å². The third kappa shape index (κ3) is 5.04. The molecule has 28 heavy (non-hydrogen) atoms. The molecule has 2 amide bonds. The first kappa shape index (κ1) is 18.8. The Bertz CT molecular complexity index is 993. The van der Waals surface area contributed by atoms with Gasteiger partial charge in [-0.15, -0.1) is 0 Å². The number of amides is 2. The summed E-state index contributed by atoms with van der Waals surface area (Å²) in [6.07, 6.45) is 1.48. The van der Waals surface area contributed by atoms with Gasteiger partial charge in [0.2, 0.25) is 0 Å². The Kier molecular flexibility index (Phi) is 5.81. The zero-order valence-corrected chi connectivity index (χ0v) is 15.2. The number of nitrogens with zero attached hydrogens (tertiary/aromatic N) is 1. The molecule has 0 heterocycles. The summed E-state index contributed by atoms with van der Waals surface area (Å²) in [4.78, 5) is 24.3. The molecule has 0 unspecified atom stereocenters. The predicted octanol–water partition coefficient (Wildman–Crippen LogP) is 3.72. The number of aromatic hydroxyl groups is 1. The van der Waals surface area contributed by atoms with Crippen molar-refractivity contribution in [2.24, 2.45) is 5.10 Å². The molecule has 0 aromatic heterocycles. The van der Waals surface area contributed by atoms with Gasteiger partial charge >= 0.3 is 0 Å². The molecule has 6 heteroatoms. The van der Waals surface area contributed by atoms with E-state index in [9.17, 15) is 14.7 Å². The summed E-state index contributed by atoms with van der Waals surface area (Å²) < 4.78 is 0. The zero-order valence-electron chi connectivity index (χ0n) is 15.2. The van der Waals surface area contributed by atoms with E-state index in [1.54, 1.807) is 48.5 Å². The van der Waals surface area contributed by atoms with Gasteiger partial charge in [-0.2, -0.15) is 5.10 Å². The number of benzene rings is 3. The smallest absolute Gasteiger partial charge is 0.271 e. The largest absolute Gasteiger partial charge is 0.508 e. The number of phenolic OH excluding ortho intramolecular Hbond substituents is 1. The Hall–Kier alpha value is -3.93. The summed E-state index contributed by atoms with van der Waals surface area (Å²) in [5.41, 5.74) is 5.83. The van der Waals surface area contributed by atoms with Crippen molar-refractivity contribution in [1.29, 1.82) is 0 Å². The average Bonchev–Trinajstić information content (AvgIpc) is 2.70. The van der Waals surface area contributed by atoms with Crippen molar-refractivity contribution in [3.8, 4) is 5.75 Å². The standard InChI is InChI=1S/C22H19N3O3/c1-15-2-6-17(7-3-15)21(27)24-19-10-8-18(9-11-19)22(28)25-23-14-16-4-12-20(26)13-5-16/h2-14,26H,1H3,(H,24,27)(H,25,28)/b23-14+. The molecule has 0 aliphatic carbocycles. The number of nitrogens with one attached hydrogen (secondary N) is 2. The van der Waals surface area contributed by atoms with Crippen molar-refractivity contribution in [3.63, 3.8) is 0 Å². The van der Waals surface area contributed by atoms with Gasteiger partial charge in [-0.25, -0.2) is 5.43 Å². The summed E-state index contributed by atoms with van der Waals surface area (Å²) in [6.45, 7) is 1.96. The molecule has 0 radical (unpaired) electrons. The number of hydrogen-bond donors (Lipinski definition) is 3. The minimum atomic E-state index is -0.369. The highest BCUT2D eigenvalue weighted by Gasteiger charge is 2.07. The van der Waals surface area contributed by atoms with E-state index in [2.05, 4.69) is 15.8 Å². The van der Waals surface area contributed by atoms with Crippen molar-refractivity contribution < 1.29 is 14.7 Å². The van der Waals surface area contributed by atoms with Crippen molar-refractivity contribution in [2.75, 3.05) is 5.32 Å². The molecule has 0 bridgehead atoms. The lowest BCUT2D eigenvalue weighted by molar-refractivity contribution is 0.0954. The van der Waals surface area contributed by atoms with E-state index in [1.165, 1.54) is 18.3 Å². The highest BCUT2D eigenvalue weighted by molar-refractivity contribution is 6.04. The maximum Gasteiger partial charge on any atom is 0.271 e. The normalized spacial score (nSPS) is 10.6. The van der Waals surface area contributed by atoms with Crippen LogP contribution in [-0.4, -0.2) is 23.1 Å². The van der Waals surface area contributed by atoms with Crippen LogP contribution in [0.1, 0.15) is 31.8 Å². The molecule has 3 rings (SSSR count). The molecule has 3 aromatic rings. The van der Waals surface area contributed by atoms with Gasteiger partial charge in [0, 0.05) is 16.8 Å². The van der Waals surface area contributed by atoms with Gasteiger partial charge in [-0.05, 0) is 73.2 Å². The first-order valence-electron chi connectivity index (χ1n) is 8.62. The van der Waals surface area contributed by atoms with E-state index in [4.69, 9.17) is 0 Å². The van der Waals surface area contributed by atoms with Gasteiger partial charge in [0.1, 0.15) is 5.75 Å². The summed E-state index contributed by atoms with van der Waals surface area (Å²) in [5, 5.41) is 15.9. The summed E-state index contributed by atoms with van der Waals surface area (Å²) in [5.74, 6) is -0.419. The van der Waals surface area contributed by atoms with Crippen LogP contribution in [-0.2, 0) is 0 Å². The van der Waals surface area contributed by atoms with Crippen LogP contribution in [0.2, 0.25) is 0 Å². The fraction of sp³-hybridized carbons (Fsp3) is 0.0455. The third-order valence-corrected chi connectivity index (χ3v) is 3.99. The van der Waals surface area contributed by atoms with E-state index < -0.39 is 0 Å². The first-order valence-corrected chi connectivity index (χ1v) is 8.62. The molecule has 0 fully saturated rings. The van der Waals surface area contributed by atoms with Gasteiger partial charge in [0.25, 0.3) is 11.8 Å². The van der Waals surface area contributed by atoms with Crippen LogP contribution in [0.25, 0.3) is 0 Å². The molecule has 0 atom stereocenters. The minimum absolute atomic E-state index is 0.163. The third-order valence-electron chi connectivity index (χ3n) is 3.99. The average molecular weight is 373 g/mol. The number of hydrogen-bond acceptors (Lipinski definition) is 4. The van der Waals surface area contributed by atoms with E-state index in [0.717, 1.165) is 11.1 Å². The summed E-state index contributed by atoms with van der Waals surface area (Å²) >= 11 is 0. The second-order valence-corrected chi connectivity index (χ2v) is 6.19. The topological polar surface area (TPSA) is 90.8 Å². The minimum Gasteiger partial charge on any atom is -0.508 e. The van der Waals surface area contributed by atoms with Gasteiger partial charge in [0.05, 0.1) is 6.21 Å². The van der Waals surface area contributed by atoms with E-state index in [-0.39, 0.29) is 17.6 Å². The Labute approximate surface area is 162 Å². The molecule has 0 spiro atoms. The number of anilines is 1. The molecule has 3 aromatic carbocycles. The van der Waals surface area contributed by atoms with Gasteiger partial charge < -0.3 is 10.4 Å². The fourth-order valence-corrected chi connectivity index (χ4v) is 2.40. The Morgan fingerprint density at radius 1 is 0.821 bits per heavy atom.